The molecule has 7 nitrogen and oxygen atoms in total. The Labute approximate surface area is 120 Å². The molecule has 0 spiro atoms. The fraction of sp³-hybridized carbons (Fsp3) is 0.417. The average molecular weight is 296 g/mol. The molecule has 8 heteroatoms. The van der Waals surface area contributed by atoms with Gasteiger partial charge in [-0.1, -0.05) is 11.6 Å². The second-order valence-electron chi connectivity index (χ2n) is 4.45. The van der Waals surface area contributed by atoms with E-state index in [1.165, 1.54) is 0 Å². The van der Waals surface area contributed by atoms with Crippen molar-refractivity contribution in [1.82, 2.24) is 24.6 Å². The van der Waals surface area contributed by atoms with Gasteiger partial charge < -0.3 is 14.6 Å². The highest BCUT2D eigenvalue weighted by Crippen LogP contribution is 2.30. The van der Waals surface area contributed by atoms with Crippen molar-refractivity contribution < 1.29 is 9.53 Å². The Morgan fingerprint density at radius 3 is 3.20 bits per heavy atom. The fourth-order valence-electron chi connectivity index (χ4n) is 2.05. The van der Waals surface area contributed by atoms with Gasteiger partial charge in [0.1, 0.15) is 11.6 Å². The summed E-state index contributed by atoms with van der Waals surface area (Å²) in [4.78, 5) is 15.9. The van der Waals surface area contributed by atoms with Gasteiger partial charge in [-0.2, -0.15) is 5.10 Å². The highest BCUT2D eigenvalue weighted by molar-refractivity contribution is 6.34. The van der Waals surface area contributed by atoms with Crippen LogP contribution in [0.2, 0.25) is 5.02 Å². The maximum absolute atomic E-state index is 12.0. The lowest BCUT2D eigenvalue weighted by Gasteiger charge is -2.04. The van der Waals surface area contributed by atoms with Gasteiger partial charge in [0.15, 0.2) is 5.69 Å². The molecule has 0 fully saturated rings. The van der Waals surface area contributed by atoms with E-state index in [0.717, 1.165) is 13.0 Å². The van der Waals surface area contributed by atoms with E-state index in [1.807, 2.05) is 10.8 Å². The molecule has 1 amide bonds. The quantitative estimate of drug-likeness (QED) is 0.833. The molecule has 2 aromatic heterocycles. The standard InChI is InChI=1S/C12H14ClN5O2/c13-9-10(16-18-6-7-20-12(9)18)11(19)15-2-1-4-17-5-3-14-8-17/h3,5,8H,1-2,4,6-7H2,(H,15,19). The molecule has 106 valence electrons. The Kier molecular flexibility index (Phi) is 3.60. The molecular weight excluding hydrogens is 282 g/mol. The predicted molar refractivity (Wildman–Crippen MR) is 71.9 cm³/mol. The lowest BCUT2D eigenvalue weighted by Crippen LogP contribution is -2.26. The van der Waals surface area contributed by atoms with Crippen LogP contribution in [0.3, 0.4) is 0 Å². The van der Waals surface area contributed by atoms with Gasteiger partial charge >= 0.3 is 0 Å². The number of carbonyl (C=O) groups excluding carboxylic acids is 1. The first-order valence-electron chi connectivity index (χ1n) is 6.39. The first kappa shape index (κ1) is 13.0. The smallest absolute Gasteiger partial charge is 0.273 e. The number of rotatable bonds is 5. The highest BCUT2D eigenvalue weighted by Gasteiger charge is 2.25. The number of ether oxygens (including phenoxy) is 1. The second kappa shape index (κ2) is 5.54. The van der Waals surface area contributed by atoms with Crippen LogP contribution in [-0.2, 0) is 13.1 Å². The van der Waals surface area contributed by atoms with Gasteiger partial charge in [0.2, 0.25) is 5.88 Å². The average Bonchev–Trinajstić information content (AvgIpc) is 3.14. The molecule has 1 aliphatic heterocycles. The Bertz CT molecular complexity index is 608. The number of fused-ring (bicyclic) bond motifs is 1. The molecule has 0 saturated carbocycles. The summed E-state index contributed by atoms with van der Waals surface area (Å²) in [6.45, 7) is 2.53. The predicted octanol–water partition coefficient (Wildman–Crippen LogP) is 0.945. The first-order chi connectivity index (χ1) is 9.75. The monoisotopic (exact) mass is 295 g/mol. The van der Waals surface area contributed by atoms with E-state index in [9.17, 15) is 4.79 Å². The van der Waals surface area contributed by atoms with Crippen molar-refractivity contribution in [3.05, 3.63) is 29.4 Å². The number of halogens is 1. The summed E-state index contributed by atoms with van der Waals surface area (Å²) >= 11 is 6.08. The number of nitrogens with zero attached hydrogens (tertiary/aromatic N) is 4. The summed E-state index contributed by atoms with van der Waals surface area (Å²) < 4.78 is 8.88. The lowest BCUT2D eigenvalue weighted by atomic mass is 10.3. The normalized spacial score (nSPS) is 13.1. The number of carbonyl (C=O) groups is 1. The van der Waals surface area contributed by atoms with Gasteiger partial charge in [0.25, 0.3) is 5.91 Å². The SMILES string of the molecule is O=C(NCCCn1ccnc1)c1nn2c(c1Cl)OCC2. The molecule has 0 aromatic carbocycles. The van der Waals surface area contributed by atoms with Gasteiger partial charge in [0.05, 0.1) is 12.9 Å². The molecule has 0 aliphatic carbocycles. The van der Waals surface area contributed by atoms with Crippen molar-refractivity contribution in [1.29, 1.82) is 0 Å². The minimum atomic E-state index is -0.272. The summed E-state index contributed by atoms with van der Waals surface area (Å²) in [7, 11) is 0. The zero-order chi connectivity index (χ0) is 13.9. The molecule has 0 bridgehead atoms. The van der Waals surface area contributed by atoms with Gasteiger partial charge in [0, 0.05) is 25.5 Å². The minimum Gasteiger partial charge on any atom is -0.475 e. The zero-order valence-electron chi connectivity index (χ0n) is 10.8. The summed E-state index contributed by atoms with van der Waals surface area (Å²) in [5.41, 5.74) is 0.226. The molecule has 0 radical (unpaired) electrons. The summed E-state index contributed by atoms with van der Waals surface area (Å²) in [6, 6.07) is 0. The third kappa shape index (κ3) is 2.49. The van der Waals surface area contributed by atoms with E-state index in [2.05, 4.69) is 15.4 Å². The Balaban J connectivity index is 1.52. The van der Waals surface area contributed by atoms with E-state index in [1.54, 1.807) is 17.2 Å². The highest BCUT2D eigenvalue weighted by atomic mass is 35.5. The summed E-state index contributed by atoms with van der Waals surface area (Å²) in [5.74, 6) is 0.210. The fourth-order valence-corrected chi connectivity index (χ4v) is 2.33. The van der Waals surface area contributed by atoms with Crippen LogP contribution in [0, 0.1) is 0 Å². The van der Waals surface area contributed by atoms with Gasteiger partial charge in [-0.15, -0.1) is 0 Å². The molecule has 20 heavy (non-hydrogen) atoms. The molecule has 3 heterocycles. The largest absolute Gasteiger partial charge is 0.475 e. The first-order valence-corrected chi connectivity index (χ1v) is 6.76. The third-order valence-electron chi connectivity index (χ3n) is 3.05. The summed E-state index contributed by atoms with van der Waals surface area (Å²) in [6.07, 6.45) is 6.17. The molecule has 1 N–H and O–H groups in total. The van der Waals surface area contributed by atoms with Crippen LogP contribution in [0.1, 0.15) is 16.9 Å². The van der Waals surface area contributed by atoms with Crippen molar-refractivity contribution >= 4 is 17.5 Å². The van der Waals surface area contributed by atoms with Crippen LogP contribution in [0.25, 0.3) is 0 Å². The van der Waals surface area contributed by atoms with Crippen molar-refractivity contribution in [2.45, 2.75) is 19.5 Å². The van der Waals surface area contributed by atoms with Crippen molar-refractivity contribution in [3.63, 3.8) is 0 Å². The molecule has 2 aromatic rings. The molecule has 0 saturated heterocycles. The maximum atomic E-state index is 12.0. The number of aromatic nitrogens is 4. The third-order valence-corrected chi connectivity index (χ3v) is 3.39. The van der Waals surface area contributed by atoms with E-state index >= 15 is 0 Å². The van der Waals surface area contributed by atoms with E-state index < -0.39 is 0 Å². The lowest BCUT2D eigenvalue weighted by molar-refractivity contribution is 0.0947. The number of aryl methyl sites for hydroxylation is 1. The Hall–Kier alpha value is -2.02. The van der Waals surface area contributed by atoms with E-state index in [0.29, 0.717) is 25.6 Å². The van der Waals surface area contributed by atoms with Crippen LogP contribution < -0.4 is 10.1 Å². The van der Waals surface area contributed by atoms with Gasteiger partial charge in [-0.05, 0) is 6.42 Å². The second-order valence-corrected chi connectivity index (χ2v) is 4.83. The molecule has 0 unspecified atom stereocenters. The topological polar surface area (TPSA) is 74.0 Å². The van der Waals surface area contributed by atoms with Gasteiger partial charge in [-0.3, -0.25) is 4.79 Å². The molecule has 3 rings (SSSR count). The Morgan fingerprint density at radius 1 is 1.55 bits per heavy atom. The number of hydrogen-bond donors (Lipinski definition) is 1. The molecule has 0 atom stereocenters. The van der Waals surface area contributed by atoms with Crippen molar-refractivity contribution in [3.8, 4) is 5.88 Å². The maximum Gasteiger partial charge on any atom is 0.273 e. The van der Waals surface area contributed by atoms with Crippen LogP contribution >= 0.6 is 11.6 Å². The zero-order valence-corrected chi connectivity index (χ0v) is 11.5. The van der Waals surface area contributed by atoms with Crippen LogP contribution in [0.5, 0.6) is 5.88 Å². The number of imidazole rings is 1. The number of hydrogen-bond acceptors (Lipinski definition) is 4. The number of nitrogens with one attached hydrogen (secondary N) is 1. The molecule has 1 aliphatic rings. The van der Waals surface area contributed by atoms with E-state index in [-0.39, 0.29) is 16.6 Å². The molecular formula is C12H14ClN5O2. The van der Waals surface area contributed by atoms with E-state index in [4.69, 9.17) is 16.3 Å². The number of amides is 1. The van der Waals surface area contributed by atoms with Crippen LogP contribution in [0.4, 0.5) is 0 Å². The van der Waals surface area contributed by atoms with Crippen molar-refractivity contribution in [2.75, 3.05) is 13.2 Å². The van der Waals surface area contributed by atoms with Gasteiger partial charge in [-0.25, -0.2) is 9.67 Å². The van der Waals surface area contributed by atoms with Crippen LogP contribution in [0.15, 0.2) is 18.7 Å². The summed E-state index contributed by atoms with van der Waals surface area (Å²) in [5, 5.41) is 7.24. The van der Waals surface area contributed by atoms with Crippen molar-refractivity contribution in [2.24, 2.45) is 0 Å². The van der Waals surface area contributed by atoms with Crippen LogP contribution in [-0.4, -0.2) is 38.4 Å². The minimum absolute atomic E-state index is 0.226. The Morgan fingerprint density at radius 2 is 2.45 bits per heavy atom.